The normalized spacial score (nSPS) is 28.1. The van der Waals surface area contributed by atoms with Gasteiger partial charge in [-0.15, -0.1) is 0 Å². The Bertz CT molecular complexity index is 207. The van der Waals surface area contributed by atoms with Crippen LogP contribution in [0.25, 0.3) is 0 Å². The van der Waals surface area contributed by atoms with Gasteiger partial charge in [0.2, 0.25) is 0 Å². The minimum atomic E-state index is -1.93. The highest BCUT2D eigenvalue weighted by Crippen LogP contribution is 2.75. The van der Waals surface area contributed by atoms with Crippen LogP contribution in [0.2, 0.25) is 0 Å². The maximum absolute atomic E-state index is 6.04. The van der Waals surface area contributed by atoms with Gasteiger partial charge in [-0.3, -0.25) is 0 Å². The summed E-state index contributed by atoms with van der Waals surface area (Å²) in [5.74, 6) is 0. The van der Waals surface area contributed by atoms with E-state index in [2.05, 4.69) is 0 Å². The van der Waals surface area contributed by atoms with E-state index in [4.69, 9.17) is 13.6 Å². The molecular formula is C10H18O3P+. The molecule has 3 aliphatic rings. The molecule has 0 aliphatic heterocycles. The molecular weight excluding hydrogens is 199 g/mol. The van der Waals surface area contributed by atoms with Crippen molar-refractivity contribution < 1.29 is 13.6 Å². The van der Waals surface area contributed by atoms with E-state index in [9.17, 15) is 0 Å². The van der Waals surface area contributed by atoms with Crippen LogP contribution >= 0.6 is 7.94 Å². The van der Waals surface area contributed by atoms with Gasteiger partial charge in [0.15, 0.2) is 5.66 Å². The van der Waals surface area contributed by atoms with Crippen molar-refractivity contribution in [2.75, 3.05) is 7.11 Å². The summed E-state index contributed by atoms with van der Waals surface area (Å²) in [6, 6.07) is 0. The lowest BCUT2D eigenvalue weighted by Gasteiger charge is -2.20. The molecule has 3 aliphatic carbocycles. The highest BCUT2D eigenvalue weighted by Gasteiger charge is 2.63. The standard InChI is InChI=1S/C10H18O3P/c1-11-14(10-6-7-10,12-8-2-3-8)13-9-4-5-9/h8-10H,2-7H2,1H3/q+1. The quantitative estimate of drug-likeness (QED) is 0.640. The molecule has 0 saturated heterocycles. The fourth-order valence-electron chi connectivity index (χ4n) is 1.59. The van der Waals surface area contributed by atoms with Gasteiger partial charge in [0.25, 0.3) is 0 Å². The van der Waals surface area contributed by atoms with Gasteiger partial charge < -0.3 is 0 Å². The van der Waals surface area contributed by atoms with Crippen LogP contribution in [0.15, 0.2) is 0 Å². The molecule has 0 atom stereocenters. The lowest BCUT2D eigenvalue weighted by molar-refractivity contribution is 0.141. The predicted molar refractivity (Wildman–Crippen MR) is 55.2 cm³/mol. The molecule has 0 bridgehead atoms. The molecule has 0 heterocycles. The van der Waals surface area contributed by atoms with Crippen molar-refractivity contribution in [3.05, 3.63) is 0 Å². The molecule has 3 nitrogen and oxygen atoms in total. The van der Waals surface area contributed by atoms with Gasteiger partial charge >= 0.3 is 7.94 Å². The molecule has 0 aromatic heterocycles. The summed E-state index contributed by atoms with van der Waals surface area (Å²) in [5, 5.41) is 0. The van der Waals surface area contributed by atoms with Crippen LogP contribution in [-0.4, -0.2) is 25.0 Å². The molecule has 0 aromatic carbocycles. The zero-order valence-electron chi connectivity index (χ0n) is 8.65. The topological polar surface area (TPSA) is 27.7 Å². The molecule has 0 radical (unpaired) electrons. The summed E-state index contributed by atoms with van der Waals surface area (Å²) in [6.45, 7) is 0. The fraction of sp³-hybridized carbons (Fsp3) is 1.00. The van der Waals surface area contributed by atoms with Gasteiger partial charge in [0, 0.05) is 0 Å². The Morgan fingerprint density at radius 2 is 1.36 bits per heavy atom. The highest BCUT2D eigenvalue weighted by molar-refractivity contribution is 7.62. The molecule has 0 unspecified atom stereocenters. The first-order valence-corrected chi connectivity index (χ1v) is 7.25. The molecule has 0 aromatic rings. The zero-order chi connectivity index (χ0) is 9.60. The second-order valence-corrected chi connectivity index (χ2v) is 7.16. The Kier molecular flexibility index (Phi) is 2.32. The third-order valence-electron chi connectivity index (χ3n) is 2.89. The summed E-state index contributed by atoms with van der Waals surface area (Å²) in [6.07, 6.45) is 8.17. The summed E-state index contributed by atoms with van der Waals surface area (Å²) in [7, 11) is -0.164. The SMILES string of the molecule is CO[P+](OC1CC1)(OC1CC1)C1CC1. The summed E-state index contributed by atoms with van der Waals surface area (Å²) in [4.78, 5) is 0. The average molecular weight is 217 g/mol. The summed E-state index contributed by atoms with van der Waals surface area (Å²) in [5.41, 5.74) is 0.591. The van der Waals surface area contributed by atoms with Crippen molar-refractivity contribution >= 4 is 7.94 Å². The molecule has 3 fully saturated rings. The molecule has 4 heteroatoms. The number of hydrogen-bond acceptors (Lipinski definition) is 3. The van der Waals surface area contributed by atoms with E-state index in [1.165, 1.54) is 38.5 Å². The minimum absolute atomic E-state index is 0.447. The molecule has 14 heavy (non-hydrogen) atoms. The lowest BCUT2D eigenvalue weighted by Crippen LogP contribution is -2.12. The largest absolute Gasteiger partial charge is 0.414 e. The van der Waals surface area contributed by atoms with Crippen molar-refractivity contribution in [3.8, 4) is 0 Å². The van der Waals surface area contributed by atoms with Crippen LogP contribution in [-0.2, 0) is 13.6 Å². The van der Waals surface area contributed by atoms with E-state index in [0.717, 1.165) is 0 Å². The number of rotatable bonds is 6. The van der Waals surface area contributed by atoms with E-state index in [1.54, 1.807) is 7.11 Å². The van der Waals surface area contributed by atoms with Crippen LogP contribution in [0.1, 0.15) is 38.5 Å². The lowest BCUT2D eigenvalue weighted by atomic mass is 10.9. The van der Waals surface area contributed by atoms with E-state index in [-0.39, 0.29) is 0 Å². The van der Waals surface area contributed by atoms with E-state index >= 15 is 0 Å². The second-order valence-electron chi connectivity index (χ2n) is 4.56. The van der Waals surface area contributed by atoms with Gasteiger partial charge in [0.05, 0.1) is 7.11 Å². The van der Waals surface area contributed by atoms with Crippen molar-refractivity contribution in [2.24, 2.45) is 0 Å². The van der Waals surface area contributed by atoms with Crippen LogP contribution in [0.3, 0.4) is 0 Å². The molecule has 0 N–H and O–H groups in total. The van der Waals surface area contributed by atoms with Crippen LogP contribution in [0, 0.1) is 0 Å². The van der Waals surface area contributed by atoms with Gasteiger partial charge in [-0.25, -0.2) is 0 Å². The number of hydrogen-bond donors (Lipinski definition) is 0. The fourth-order valence-corrected chi connectivity index (χ4v) is 4.48. The summed E-state index contributed by atoms with van der Waals surface area (Å²) < 4.78 is 17.7. The Hall–Kier alpha value is 0.310. The summed E-state index contributed by atoms with van der Waals surface area (Å²) >= 11 is 0. The van der Waals surface area contributed by atoms with Crippen LogP contribution in [0.5, 0.6) is 0 Å². The highest BCUT2D eigenvalue weighted by atomic mass is 31.2. The zero-order valence-corrected chi connectivity index (χ0v) is 9.54. The Balaban J connectivity index is 1.67. The van der Waals surface area contributed by atoms with Gasteiger partial charge in [-0.1, -0.05) is 0 Å². The predicted octanol–water partition coefficient (Wildman–Crippen LogP) is 2.92. The smallest absolute Gasteiger partial charge is 0.181 e. The first-order chi connectivity index (χ1) is 6.82. The maximum Gasteiger partial charge on any atom is 0.414 e. The van der Waals surface area contributed by atoms with Gasteiger partial charge in [-0.2, -0.15) is 13.6 Å². The molecule has 80 valence electrons. The van der Waals surface area contributed by atoms with Crippen molar-refractivity contribution in [3.63, 3.8) is 0 Å². The third-order valence-corrected chi connectivity index (χ3v) is 5.99. The van der Waals surface area contributed by atoms with Crippen molar-refractivity contribution in [1.29, 1.82) is 0 Å². The van der Waals surface area contributed by atoms with Crippen molar-refractivity contribution in [2.45, 2.75) is 56.4 Å². The van der Waals surface area contributed by atoms with Gasteiger partial charge in [0.1, 0.15) is 12.2 Å². The van der Waals surface area contributed by atoms with Crippen molar-refractivity contribution in [1.82, 2.24) is 0 Å². The Labute approximate surface area is 85.7 Å². The van der Waals surface area contributed by atoms with E-state index < -0.39 is 7.94 Å². The Morgan fingerprint density at radius 3 is 1.64 bits per heavy atom. The third kappa shape index (κ3) is 1.96. The first kappa shape index (κ1) is 9.53. The van der Waals surface area contributed by atoms with E-state index in [0.29, 0.717) is 17.9 Å². The van der Waals surface area contributed by atoms with E-state index in [1.807, 2.05) is 0 Å². The Morgan fingerprint density at radius 1 is 0.857 bits per heavy atom. The first-order valence-electron chi connectivity index (χ1n) is 5.64. The molecule has 3 rings (SSSR count). The van der Waals surface area contributed by atoms with Crippen LogP contribution < -0.4 is 0 Å². The minimum Gasteiger partial charge on any atom is -0.181 e. The average Bonchev–Trinajstić information content (AvgIpc) is 2.96. The molecule has 0 amide bonds. The van der Waals surface area contributed by atoms with Crippen LogP contribution in [0.4, 0.5) is 0 Å². The second kappa shape index (κ2) is 3.41. The molecule has 3 saturated carbocycles. The monoisotopic (exact) mass is 217 g/mol. The van der Waals surface area contributed by atoms with Gasteiger partial charge in [-0.05, 0) is 38.5 Å². The maximum atomic E-state index is 6.04. The molecule has 0 spiro atoms.